The first-order valence-corrected chi connectivity index (χ1v) is 14.3. The van der Waals surface area contributed by atoms with Gasteiger partial charge in [-0.15, -0.1) is 0 Å². The van der Waals surface area contributed by atoms with E-state index in [0.29, 0.717) is 24.3 Å². The van der Waals surface area contributed by atoms with E-state index in [4.69, 9.17) is 10.5 Å². The number of hydrogen-bond donors (Lipinski definition) is 6. The molecule has 0 aromatic heterocycles. The number of esters is 1. The molecule has 0 fully saturated rings. The largest absolute Gasteiger partial charge is 0.510 e. The van der Waals surface area contributed by atoms with Crippen molar-refractivity contribution in [2.75, 3.05) is 27.2 Å². The number of Topliss-reactive ketones (excluding diaryl/α,β-unsaturated/α-hetero) is 2. The number of aromatic hydroxyl groups is 1. The van der Waals surface area contributed by atoms with E-state index in [-0.39, 0.29) is 42.2 Å². The maximum absolute atomic E-state index is 13.9. The highest BCUT2D eigenvalue weighted by atomic mass is 16.5. The Hall–Kier alpha value is -4.52. The van der Waals surface area contributed by atoms with Gasteiger partial charge in [-0.25, -0.2) is 0 Å². The molecule has 0 aliphatic heterocycles. The summed E-state index contributed by atoms with van der Waals surface area (Å²) >= 11 is 0. The molecule has 7 N–H and O–H groups in total. The number of allylic oxidation sites excluding steroid dienone is 1. The van der Waals surface area contributed by atoms with E-state index >= 15 is 0 Å². The van der Waals surface area contributed by atoms with Crippen LogP contribution in [0.4, 0.5) is 0 Å². The molecular weight excluding hydrogens is 570 g/mol. The van der Waals surface area contributed by atoms with Crippen molar-refractivity contribution in [3.63, 3.8) is 0 Å². The molecule has 0 saturated heterocycles. The van der Waals surface area contributed by atoms with Crippen molar-refractivity contribution in [1.82, 2.24) is 10.2 Å². The van der Waals surface area contributed by atoms with Gasteiger partial charge in [-0.05, 0) is 68.1 Å². The first-order valence-electron chi connectivity index (χ1n) is 14.3. The summed E-state index contributed by atoms with van der Waals surface area (Å²) < 4.78 is 4.91. The van der Waals surface area contributed by atoms with Crippen LogP contribution in [0.5, 0.6) is 5.75 Å². The lowest BCUT2D eigenvalue weighted by Crippen LogP contribution is -2.63. The van der Waals surface area contributed by atoms with Crippen LogP contribution < -0.4 is 11.1 Å². The maximum atomic E-state index is 13.9. The minimum Gasteiger partial charge on any atom is -0.510 e. The Morgan fingerprint density at radius 1 is 1.09 bits per heavy atom. The van der Waals surface area contributed by atoms with Crippen molar-refractivity contribution in [3.8, 4) is 16.9 Å². The number of aliphatic hydroxyl groups excluding tert-OH is 2. The van der Waals surface area contributed by atoms with Gasteiger partial charge in [-0.2, -0.15) is 0 Å². The minimum absolute atomic E-state index is 0.00588. The summed E-state index contributed by atoms with van der Waals surface area (Å²) in [5.74, 6) is -7.25. The Bertz CT molecular complexity index is 1630. The van der Waals surface area contributed by atoms with Crippen LogP contribution >= 0.6 is 0 Å². The molecule has 0 radical (unpaired) electrons. The molecule has 4 unspecified atom stereocenters. The van der Waals surface area contributed by atoms with Crippen LogP contribution in [0.3, 0.4) is 0 Å². The van der Waals surface area contributed by atoms with E-state index in [2.05, 4.69) is 5.32 Å². The summed E-state index contributed by atoms with van der Waals surface area (Å²) in [6.07, 6.45) is 0.188. The van der Waals surface area contributed by atoms with Gasteiger partial charge in [0.25, 0.3) is 5.91 Å². The molecule has 2 aromatic rings. The lowest BCUT2D eigenvalue weighted by molar-refractivity contribution is -0.148. The van der Waals surface area contributed by atoms with Gasteiger partial charge >= 0.3 is 5.97 Å². The number of benzene rings is 2. The van der Waals surface area contributed by atoms with Gasteiger partial charge in [-0.1, -0.05) is 30.3 Å². The van der Waals surface area contributed by atoms with Gasteiger partial charge < -0.3 is 36.2 Å². The molecular formula is C32H35N3O9. The van der Waals surface area contributed by atoms with Crippen LogP contribution in [-0.2, 0) is 32.1 Å². The van der Waals surface area contributed by atoms with Crippen molar-refractivity contribution in [2.24, 2.45) is 17.6 Å². The number of fused-ring (bicyclic) bond motifs is 3. The molecule has 3 aliphatic carbocycles. The molecule has 12 nitrogen and oxygen atoms in total. The summed E-state index contributed by atoms with van der Waals surface area (Å²) in [4.78, 5) is 52.6. The Morgan fingerprint density at radius 3 is 2.39 bits per heavy atom. The number of carbonyl (C=O) groups excluding carboxylic acids is 4. The smallest absolute Gasteiger partial charge is 0.319 e. The molecule has 0 heterocycles. The zero-order chi connectivity index (χ0) is 32.1. The number of aliphatic hydroxyl groups is 3. The zero-order valence-corrected chi connectivity index (χ0v) is 24.6. The number of ketones is 2. The second-order valence-electron chi connectivity index (χ2n) is 11.6. The highest BCUT2D eigenvalue weighted by molar-refractivity contribution is 6.24. The molecule has 5 rings (SSSR count). The van der Waals surface area contributed by atoms with Crippen LogP contribution in [-0.4, -0.2) is 87.7 Å². The third-order valence-electron chi connectivity index (χ3n) is 8.77. The van der Waals surface area contributed by atoms with E-state index in [9.17, 15) is 39.6 Å². The van der Waals surface area contributed by atoms with Gasteiger partial charge in [0.05, 0.1) is 24.8 Å². The molecule has 0 bridgehead atoms. The first-order chi connectivity index (χ1) is 20.8. The quantitative estimate of drug-likeness (QED) is 0.188. The number of phenolic OH excluding ortho intramolecular Hbond substituents is 1. The molecule has 232 valence electrons. The number of ether oxygens (including phenoxy) is 1. The predicted octanol–water partition coefficient (Wildman–Crippen LogP) is 1.44. The van der Waals surface area contributed by atoms with Crippen molar-refractivity contribution in [2.45, 2.75) is 38.0 Å². The first kappa shape index (κ1) is 30.9. The highest BCUT2D eigenvalue weighted by Crippen LogP contribution is 2.53. The zero-order valence-electron chi connectivity index (χ0n) is 24.6. The standard InChI is InChI=1S/C32H35N3O9/c1-4-44-22(37)14-34-13-15-5-7-16(8-6-15)18-9-10-21(36)24-19(18)11-17-12-20-26(35(2)3)28(39)25(31(33)42)30(41)32(20,43)29(40)23(17)27(24)38/h5-10,17,20,26,34,36,39-40,43H,4,11-14H2,1-3H3,(H2,33,42). The molecule has 4 atom stereocenters. The summed E-state index contributed by atoms with van der Waals surface area (Å²) in [5.41, 5.74) is 4.48. The molecule has 0 spiro atoms. The fourth-order valence-electron chi connectivity index (χ4n) is 6.84. The van der Waals surface area contributed by atoms with Crippen LogP contribution in [0.1, 0.15) is 34.8 Å². The van der Waals surface area contributed by atoms with Gasteiger partial charge in [0.15, 0.2) is 11.4 Å². The highest BCUT2D eigenvalue weighted by Gasteiger charge is 2.63. The second kappa shape index (κ2) is 11.5. The number of nitrogens with one attached hydrogen (secondary N) is 1. The Balaban J connectivity index is 1.53. The number of primary amides is 1. The normalized spacial score (nSPS) is 24.6. The van der Waals surface area contributed by atoms with Crippen LogP contribution in [0.2, 0.25) is 0 Å². The van der Waals surface area contributed by atoms with Crippen LogP contribution in [0.25, 0.3) is 11.1 Å². The number of phenols is 1. The summed E-state index contributed by atoms with van der Waals surface area (Å²) in [5, 5.41) is 47.9. The van der Waals surface area contributed by atoms with E-state index in [0.717, 1.165) is 11.1 Å². The fourth-order valence-corrected chi connectivity index (χ4v) is 6.84. The van der Waals surface area contributed by atoms with E-state index in [1.807, 2.05) is 24.3 Å². The molecule has 3 aliphatic rings. The molecule has 12 heteroatoms. The number of hydrogen-bond acceptors (Lipinski definition) is 11. The topological polar surface area (TPSA) is 200 Å². The number of amides is 1. The Labute approximate surface area is 253 Å². The number of likely N-dealkylation sites (N-methyl/N-ethyl adjacent to an activating group) is 1. The average Bonchev–Trinajstić information content (AvgIpc) is 2.95. The van der Waals surface area contributed by atoms with Crippen molar-refractivity contribution < 1.29 is 44.3 Å². The van der Waals surface area contributed by atoms with Crippen LogP contribution in [0.15, 0.2) is 59.1 Å². The maximum Gasteiger partial charge on any atom is 0.319 e. The second-order valence-corrected chi connectivity index (χ2v) is 11.6. The fraction of sp³-hybridized carbons (Fsp3) is 0.375. The van der Waals surface area contributed by atoms with E-state index < -0.39 is 58.0 Å². The number of nitrogens with two attached hydrogens (primary N) is 1. The third kappa shape index (κ3) is 4.84. The molecule has 44 heavy (non-hydrogen) atoms. The lowest BCUT2D eigenvalue weighted by Gasteiger charge is -2.50. The SMILES string of the molecule is CCOC(=O)CNCc1ccc(-c2ccc(O)c3c2CC2CC4C(N(C)C)C(O)=C(C(N)=O)C(=O)C4(O)C(O)=C2C3=O)cc1. The summed E-state index contributed by atoms with van der Waals surface area (Å²) in [7, 11) is 3.17. The number of carbonyl (C=O) groups is 4. The average molecular weight is 606 g/mol. The minimum atomic E-state index is -2.69. The van der Waals surface area contributed by atoms with Gasteiger partial charge in [0.2, 0.25) is 5.78 Å². The van der Waals surface area contributed by atoms with Gasteiger partial charge in [0, 0.05) is 18.0 Å². The van der Waals surface area contributed by atoms with E-state index in [1.165, 1.54) is 11.0 Å². The van der Waals surface area contributed by atoms with Crippen molar-refractivity contribution in [3.05, 3.63) is 75.8 Å². The summed E-state index contributed by atoms with van der Waals surface area (Å²) in [6.45, 7) is 2.54. The van der Waals surface area contributed by atoms with Gasteiger partial charge in [0.1, 0.15) is 22.8 Å². The lowest BCUT2D eigenvalue weighted by atomic mass is 9.58. The number of rotatable bonds is 8. The molecule has 1 amide bonds. The van der Waals surface area contributed by atoms with Crippen LogP contribution in [0, 0.1) is 11.8 Å². The Morgan fingerprint density at radius 2 is 1.77 bits per heavy atom. The summed E-state index contributed by atoms with van der Waals surface area (Å²) in [6, 6.07) is 9.47. The van der Waals surface area contributed by atoms with E-state index in [1.54, 1.807) is 27.1 Å². The van der Waals surface area contributed by atoms with Crippen molar-refractivity contribution in [1.29, 1.82) is 0 Å². The monoisotopic (exact) mass is 605 g/mol. The Kier molecular flexibility index (Phi) is 8.10. The number of nitrogens with zero attached hydrogens (tertiary/aromatic N) is 1. The molecule has 0 saturated carbocycles. The predicted molar refractivity (Wildman–Crippen MR) is 157 cm³/mol. The van der Waals surface area contributed by atoms with Crippen molar-refractivity contribution >= 4 is 23.4 Å². The van der Waals surface area contributed by atoms with Gasteiger partial charge in [-0.3, -0.25) is 24.1 Å². The third-order valence-corrected chi connectivity index (χ3v) is 8.77. The molecule has 2 aromatic carbocycles.